The second kappa shape index (κ2) is 6.49. The van der Waals surface area contributed by atoms with E-state index in [1.165, 1.54) is 12.3 Å². The number of nitrogens with zero attached hydrogens (tertiary/aromatic N) is 1. The highest BCUT2D eigenvalue weighted by molar-refractivity contribution is 7.89. The summed E-state index contributed by atoms with van der Waals surface area (Å²) in [4.78, 5) is 3.94. The van der Waals surface area contributed by atoms with Crippen molar-refractivity contribution in [2.45, 2.75) is 30.8 Å². The molecule has 1 aromatic heterocycles. The van der Waals surface area contributed by atoms with E-state index in [4.69, 9.17) is 10.6 Å². The Hall–Kier alpha value is -1.22. The van der Waals surface area contributed by atoms with Gasteiger partial charge < -0.3 is 10.2 Å². The predicted molar refractivity (Wildman–Crippen MR) is 75.4 cm³/mol. The van der Waals surface area contributed by atoms with Gasteiger partial charge in [-0.1, -0.05) is 6.92 Å². The summed E-state index contributed by atoms with van der Waals surface area (Å²) in [5, 5.41) is 0. The van der Waals surface area contributed by atoms with Gasteiger partial charge in [0.1, 0.15) is 4.90 Å². The lowest BCUT2D eigenvalue weighted by molar-refractivity contribution is 0.0884. The highest BCUT2D eigenvalue weighted by Crippen LogP contribution is 2.24. The zero-order chi connectivity index (χ0) is 14.6. The maximum absolute atomic E-state index is 12.3. The summed E-state index contributed by atoms with van der Waals surface area (Å²) in [6.07, 6.45) is 3.36. The fraction of sp³-hybridized carbons (Fsp3) is 0.583. The highest BCUT2D eigenvalue weighted by Gasteiger charge is 2.28. The highest BCUT2D eigenvalue weighted by atomic mass is 32.2. The molecule has 0 bridgehead atoms. The summed E-state index contributed by atoms with van der Waals surface area (Å²) >= 11 is 0. The molecule has 1 saturated heterocycles. The van der Waals surface area contributed by atoms with Crippen LogP contribution in [-0.4, -0.2) is 32.7 Å². The van der Waals surface area contributed by atoms with Crippen molar-refractivity contribution in [2.75, 3.05) is 18.6 Å². The molecule has 1 aliphatic heterocycles. The number of rotatable bonds is 6. The van der Waals surface area contributed by atoms with Gasteiger partial charge in [0.2, 0.25) is 10.0 Å². The summed E-state index contributed by atoms with van der Waals surface area (Å²) in [7, 11) is -3.63. The van der Waals surface area contributed by atoms with Crippen molar-refractivity contribution in [1.29, 1.82) is 0 Å². The van der Waals surface area contributed by atoms with Gasteiger partial charge in [-0.2, -0.15) is 0 Å². The smallest absolute Gasteiger partial charge is 0.244 e. The van der Waals surface area contributed by atoms with Crippen molar-refractivity contribution in [3.05, 3.63) is 18.3 Å². The van der Waals surface area contributed by atoms with Crippen molar-refractivity contribution < 1.29 is 13.2 Å². The Morgan fingerprint density at radius 3 is 3.05 bits per heavy atom. The minimum atomic E-state index is -3.63. The van der Waals surface area contributed by atoms with Crippen LogP contribution in [0.25, 0.3) is 0 Å². The molecule has 20 heavy (non-hydrogen) atoms. The predicted octanol–water partition coefficient (Wildman–Crippen LogP) is 0.461. The number of pyridine rings is 1. The quantitative estimate of drug-likeness (QED) is 0.520. The Bertz CT molecular complexity index is 549. The molecule has 0 saturated carbocycles. The Balaban J connectivity index is 2.08. The molecule has 0 radical (unpaired) electrons. The molecule has 2 heterocycles. The number of sulfonamides is 1. The zero-order valence-corrected chi connectivity index (χ0v) is 12.2. The largest absolute Gasteiger partial charge is 0.378 e. The number of hydrogen-bond donors (Lipinski definition) is 3. The van der Waals surface area contributed by atoms with E-state index >= 15 is 0 Å². The third kappa shape index (κ3) is 3.26. The first-order chi connectivity index (χ1) is 9.58. The van der Waals surface area contributed by atoms with E-state index in [0.29, 0.717) is 13.2 Å². The van der Waals surface area contributed by atoms with Crippen molar-refractivity contribution >= 4 is 15.8 Å². The first-order valence-electron chi connectivity index (χ1n) is 6.61. The number of hydrogen-bond acceptors (Lipinski definition) is 6. The van der Waals surface area contributed by atoms with E-state index in [9.17, 15) is 8.42 Å². The summed E-state index contributed by atoms with van der Waals surface area (Å²) in [5.74, 6) is 5.63. The normalized spacial score (nSPS) is 22.9. The Labute approximate surface area is 118 Å². The second-order valence-corrected chi connectivity index (χ2v) is 6.45. The summed E-state index contributed by atoms with van der Waals surface area (Å²) in [6, 6.07) is 3.02. The lowest BCUT2D eigenvalue weighted by Gasteiger charge is -2.17. The molecule has 0 spiro atoms. The monoisotopic (exact) mass is 300 g/mol. The average molecular weight is 300 g/mol. The molecule has 8 heteroatoms. The van der Waals surface area contributed by atoms with E-state index in [1.54, 1.807) is 6.07 Å². The molecule has 7 nitrogen and oxygen atoms in total. The number of nitrogens with two attached hydrogens (primary N) is 1. The molecule has 0 aromatic carbocycles. The van der Waals surface area contributed by atoms with Gasteiger partial charge in [0, 0.05) is 25.3 Å². The number of hydrazine groups is 1. The molecule has 2 rings (SSSR count). The molecule has 2 unspecified atom stereocenters. The van der Waals surface area contributed by atoms with E-state index in [-0.39, 0.29) is 22.7 Å². The number of nitrogens with one attached hydrogen (secondary N) is 2. The zero-order valence-electron chi connectivity index (χ0n) is 11.4. The first kappa shape index (κ1) is 15.2. The van der Waals surface area contributed by atoms with E-state index in [0.717, 1.165) is 12.8 Å². The van der Waals surface area contributed by atoms with Gasteiger partial charge in [0.05, 0.1) is 6.10 Å². The van der Waals surface area contributed by atoms with Crippen LogP contribution in [0.2, 0.25) is 0 Å². The molecule has 1 aromatic rings. The molecular formula is C12H20N4O3S. The van der Waals surface area contributed by atoms with Crippen LogP contribution in [0.3, 0.4) is 0 Å². The van der Waals surface area contributed by atoms with Crippen LogP contribution in [0.5, 0.6) is 0 Å². The maximum atomic E-state index is 12.3. The van der Waals surface area contributed by atoms with Crippen molar-refractivity contribution in [3.63, 3.8) is 0 Å². The van der Waals surface area contributed by atoms with Crippen LogP contribution in [-0.2, 0) is 14.8 Å². The van der Waals surface area contributed by atoms with Gasteiger partial charge in [0.25, 0.3) is 0 Å². The van der Waals surface area contributed by atoms with Gasteiger partial charge in [-0.3, -0.25) is 0 Å². The molecule has 2 atom stereocenters. The molecule has 0 aliphatic carbocycles. The molecule has 112 valence electrons. The third-order valence-corrected chi connectivity index (χ3v) is 4.94. The van der Waals surface area contributed by atoms with Crippen molar-refractivity contribution in [3.8, 4) is 0 Å². The summed E-state index contributed by atoms with van der Waals surface area (Å²) in [6.45, 7) is 3.09. The van der Waals surface area contributed by atoms with Gasteiger partial charge >= 0.3 is 0 Å². The van der Waals surface area contributed by atoms with E-state index in [2.05, 4.69) is 15.1 Å². The number of nitrogen functional groups attached to an aromatic ring is 1. The van der Waals surface area contributed by atoms with Crippen LogP contribution >= 0.6 is 0 Å². The molecule has 4 N–H and O–H groups in total. The Morgan fingerprint density at radius 2 is 2.35 bits per heavy atom. The minimum Gasteiger partial charge on any atom is -0.378 e. The fourth-order valence-electron chi connectivity index (χ4n) is 2.39. The van der Waals surface area contributed by atoms with Gasteiger partial charge in [0.15, 0.2) is 5.82 Å². The number of aromatic nitrogens is 1. The summed E-state index contributed by atoms with van der Waals surface area (Å²) < 4.78 is 32.7. The number of ether oxygens (including phenoxy) is 1. The van der Waals surface area contributed by atoms with Crippen LogP contribution in [0.15, 0.2) is 23.2 Å². The third-order valence-electron chi connectivity index (χ3n) is 3.48. The number of anilines is 1. The van der Waals surface area contributed by atoms with Crippen molar-refractivity contribution in [2.24, 2.45) is 11.8 Å². The topological polar surface area (TPSA) is 106 Å². The van der Waals surface area contributed by atoms with Crippen LogP contribution in [0.1, 0.15) is 19.8 Å². The minimum absolute atomic E-state index is 0.0504. The lowest BCUT2D eigenvalue weighted by Crippen LogP contribution is -2.33. The van der Waals surface area contributed by atoms with Crippen LogP contribution in [0, 0.1) is 5.92 Å². The first-order valence-corrected chi connectivity index (χ1v) is 8.09. The van der Waals surface area contributed by atoms with E-state index in [1.807, 2.05) is 6.92 Å². The lowest BCUT2D eigenvalue weighted by atomic mass is 10.0. The SMILES string of the molecule is CCC1OCCC1CNS(=O)(=O)c1cccnc1NN. The van der Waals surface area contributed by atoms with Gasteiger partial charge in [-0.15, -0.1) is 0 Å². The Kier molecular flexibility index (Phi) is 4.92. The Morgan fingerprint density at radius 1 is 1.55 bits per heavy atom. The standard InChI is InChI=1S/C12H20N4O3S/c1-2-10-9(5-7-19-10)8-15-20(17,18)11-4-3-6-14-12(11)16-13/h3-4,6,9-10,15H,2,5,7-8,13H2,1H3,(H,14,16). The molecule has 0 amide bonds. The fourth-order valence-corrected chi connectivity index (χ4v) is 3.60. The summed E-state index contributed by atoms with van der Waals surface area (Å²) in [5.41, 5.74) is 2.29. The van der Waals surface area contributed by atoms with Gasteiger partial charge in [-0.05, 0) is 25.0 Å². The van der Waals surface area contributed by atoms with Gasteiger partial charge in [-0.25, -0.2) is 24.0 Å². The van der Waals surface area contributed by atoms with Crippen molar-refractivity contribution in [1.82, 2.24) is 9.71 Å². The average Bonchev–Trinajstić information content (AvgIpc) is 2.92. The molecule has 1 aliphatic rings. The molecule has 1 fully saturated rings. The molecular weight excluding hydrogens is 280 g/mol. The maximum Gasteiger partial charge on any atom is 0.244 e. The second-order valence-electron chi connectivity index (χ2n) is 4.71. The van der Waals surface area contributed by atoms with Crippen LogP contribution < -0.4 is 16.0 Å². The van der Waals surface area contributed by atoms with Crippen LogP contribution in [0.4, 0.5) is 5.82 Å². The van der Waals surface area contributed by atoms with E-state index < -0.39 is 10.0 Å².